The van der Waals surface area contributed by atoms with Gasteiger partial charge in [-0.05, 0) is 71.0 Å². The molecule has 0 fully saturated rings. The van der Waals surface area contributed by atoms with Gasteiger partial charge in [0.2, 0.25) is 5.75 Å². The van der Waals surface area contributed by atoms with Crippen LogP contribution in [0.3, 0.4) is 0 Å². The number of nitro groups is 1. The highest BCUT2D eigenvalue weighted by atomic mass is 127. The average molecular weight is 671 g/mol. The standard InChI is InChI=1S/C28H22IN3O7S/c1-4-39-27(35)22-14(2)30-28-31(24(22)23-17-8-6-5-7-16(17)9-10-20(23)38-3)26(34)21(40-28)13-15-11-18(29)25(33)19(12-15)32(36)37/h5-13,24,33H,4H2,1-3H3/b21-13-/t24-/m0/s1. The van der Waals surface area contributed by atoms with Gasteiger partial charge < -0.3 is 14.6 Å². The highest BCUT2D eigenvalue weighted by Gasteiger charge is 2.36. The number of benzene rings is 3. The number of hydrogen-bond acceptors (Lipinski definition) is 9. The van der Waals surface area contributed by atoms with E-state index >= 15 is 0 Å². The van der Waals surface area contributed by atoms with E-state index in [0.717, 1.165) is 22.1 Å². The molecule has 0 aliphatic carbocycles. The molecule has 0 saturated heterocycles. The van der Waals surface area contributed by atoms with Crippen molar-refractivity contribution in [2.24, 2.45) is 4.99 Å². The van der Waals surface area contributed by atoms with E-state index in [9.17, 15) is 24.8 Å². The number of rotatable bonds is 6. The molecular weight excluding hydrogens is 649 g/mol. The number of hydrogen-bond donors (Lipinski definition) is 1. The van der Waals surface area contributed by atoms with Gasteiger partial charge in [-0.15, -0.1) is 0 Å². The molecule has 4 aromatic rings. The number of nitro benzene ring substituents is 1. The average Bonchev–Trinajstić information content (AvgIpc) is 3.23. The topological polar surface area (TPSA) is 133 Å². The predicted octanol–water partition coefficient (Wildman–Crippen LogP) is 4.18. The second-order valence-electron chi connectivity index (χ2n) is 8.83. The summed E-state index contributed by atoms with van der Waals surface area (Å²) in [6, 6.07) is 13.1. The molecule has 204 valence electrons. The third-order valence-electron chi connectivity index (χ3n) is 6.50. The molecule has 0 spiro atoms. The Kier molecular flexibility index (Phi) is 7.47. The zero-order chi connectivity index (χ0) is 28.7. The van der Waals surface area contributed by atoms with Crippen molar-refractivity contribution in [2.75, 3.05) is 13.7 Å². The number of aromatic hydroxyl groups is 1. The summed E-state index contributed by atoms with van der Waals surface area (Å²) in [5, 5.41) is 23.2. The first-order valence-corrected chi connectivity index (χ1v) is 14.0. The van der Waals surface area contributed by atoms with E-state index in [1.165, 1.54) is 23.8 Å². The lowest BCUT2D eigenvalue weighted by Gasteiger charge is -2.27. The molecule has 0 bridgehead atoms. The van der Waals surface area contributed by atoms with Crippen LogP contribution in [0, 0.1) is 13.7 Å². The fraction of sp³-hybridized carbons (Fsp3) is 0.179. The second-order valence-corrected chi connectivity index (χ2v) is 11.0. The Balaban J connectivity index is 1.84. The molecule has 2 heterocycles. The molecule has 1 atom stereocenters. The molecule has 0 unspecified atom stereocenters. The van der Waals surface area contributed by atoms with Crippen molar-refractivity contribution in [2.45, 2.75) is 19.9 Å². The van der Waals surface area contributed by atoms with Gasteiger partial charge in [-0.1, -0.05) is 41.7 Å². The summed E-state index contributed by atoms with van der Waals surface area (Å²) in [7, 11) is 1.53. The lowest BCUT2D eigenvalue weighted by atomic mass is 9.90. The Bertz CT molecular complexity index is 1930. The first-order chi connectivity index (χ1) is 19.2. The molecule has 3 aromatic carbocycles. The summed E-state index contributed by atoms with van der Waals surface area (Å²) >= 11 is 2.89. The third-order valence-corrected chi connectivity index (χ3v) is 8.31. The van der Waals surface area contributed by atoms with Crippen LogP contribution in [0.5, 0.6) is 11.5 Å². The minimum atomic E-state index is -0.909. The highest BCUT2D eigenvalue weighted by molar-refractivity contribution is 14.1. The van der Waals surface area contributed by atoms with Crippen LogP contribution in [0.25, 0.3) is 16.8 Å². The summed E-state index contributed by atoms with van der Waals surface area (Å²) in [5.41, 5.74) is 0.681. The number of halogens is 1. The zero-order valence-corrected chi connectivity index (χ0v) is 24.5. The molecule has 1 N–H and O–H groups in total. The molecule has 1 aliphatic heterocycles. The maximum Gasteiger partial charge on any atom is 0.338 e. The third kappa shape index (κ3) is 4.66. The fourth-order valence-electron chi connectivity index (χ4n) is 4.78. The van der Waals surface area contributed by atoms with E-state index in [1.807, 2.05) is 30.3 Å². The van der Waals surface area contributed by atoms with E-state index in [1.54, 1.807) is 48.6 Å². The van der Waals surface area contributed by atoms with Crippen LogP contribution in [0.1, 0.15) is 31.0 Å². The molecule has 40 heavy (non-hydrogen) atoms. The van der Waals surface area contributed by atoms with Gasteiger partial charge in [-0.25, -0.2) is 9.79 Å². The molecule has 0 amide bonds. The Labute approximate surface area is 244 Å². The number of carbonyl (C=O) groups is 1. The smallest absolute Gasteiger partial charge is 0.338 e. The van der Waals surface area contributed by atoms with Gasteiger partial charge in [0.1, 0.15) is 11.8 Å². The minimum absolute atomic E-state index is 0.137. The van der Waals surface area contributed by atoms with Gasteiger partial charge >= 0.3 is 11.7 Å². The number of fused-ring (bicyclic) bond motifs is 2. The number of aromatic nitrogens is 1. The molecule has 0 radical (unpaired) electrons. The number of carbonyl (C=O) groups excluding carboxylic acids is 1. The number of thiazole rings is 1. The SMILES string of the molecule is CCOC(=O)C1=C(C)N=c2s/c(=C\c3cc(I)c(O)c([N+](=O)[O-])c3)c(=O)n2[C@@H]1c1c(OC)ccc2ccccc12. The first-order valence-electron chi connectivity index (χ1n) is 12.1. The quantitative estimate of drug-likeness (QED) is 0.141. The molecule has 1 aromatic heterocycles. The molecular formula is C28H22IN3O7S. The maximum atomic E-state index is 14.0. The van der Waals surface area contributed by atoms with Gasteiger partial charge in [0.05, 0.1) is 38.0 Å². The molecule has 5 rings (SSSR count). The van der Waals surface area contributed by atoms with Crippen molar-refractivity contribution in [3.8, 4) is 11.5 Å². The second kappa shape index (κ2) is 10.8. The molecule has 0 saturated carbocycles. The lowest BCUT2D eigenvalue weighted by molar-refractivity contribution is -0.386. The van der Waals surface area contributed by atoms with Crippen LogP contribution >= 0.6 is 33.9 Å². The zero-order valence-electron chi connectivity index (χ0n) is 21.5. The molecule has 1 aliphatic rings. The summed E-state index contributed by atoms with van der Waals surface area (Å²) in [5.74, 6) is -0.554. The number of esters is 1. The van der Waals surface area contributed by atoms with Crippen LogP contribution in [-0.4, -0.2) is 34.3 Å². The van der Waals surface area contributed by atoms with E-state index in [2.05, 4.69) is 4.99 Å². The van der Waals surface area contributed by atoms with E-state index in [4.69, 9.17) is 9.47 Å². The Hall–Kier alpha value is -4.04. The lowest BCUT2D eigenvalue weighted by Crippen LogP contribution is -2.40. The summed E-state index contributed by atoms with van der Waals surface area (Å²) in [6.07, 6.45) is 1.51. The Morgan fingerprint density at radius 3 is 2.73 bits per heavy atom. The van der Waals surface area contributed by atoms with Crippen molar-refractivity contribution < 1.29 is 24.3 Å². The Morgan fingerprint density at radius 2 is 2.02 bits per heavy atom. The maximum absolute atomic E-state index is 14.0. The van der Waals surface area contributed by atoms with Crippen LogP contribution in [0.15, 0.2) is 69.6 Å². The first kappa shape index (κ1) is 27.5. The number of allylic oxidation sites excluding steroid dienone is 1. The predicted molar refractivity (Wildman–Crippen MR) is 158 cm³/mol. The fourth-order valence-corrected chi connectivity index (χ4v) is 6.46. The number of phenols is 1. The molecule has 10 nitrogen and oxygen atoms in total. The summed E-state index contributed by atoms with van der Waals surface area (Å²) in [4.78, 5) is 43.1. The number of nitrogens with zero attached hydrogens (tertiary/aromatic N) is 3. The van der Waals surface area contributed by atoms with Crippen molar-refractivity contribution in [1.82, 2.24) is 4.57 Å². The number of ether oxygens (including phenoxy) is 2. The number of phenolic OH excluding ortho intramolecular Hbond substituents is 1. The van der Waals surface area contributed by atoms with Crippen LogP contribution in [0.2, 0.25) is 0 Å². The van der Waals surface area contributed by atoms with Crippen LogP contribution < -0.4 is 19.6 Å². The van der Waals surface area contributed by atoms with Crippen molar-refractivity contribution in [3.05, 3.63) is 104 Å². The van der Waals surface area contributed by atoms with Gasteiger partial charge in [0.25, 0.3) is 5.56 Å². The van der Waals surface area contributed by atoms with Crippen molar-refractivity contribution in [3.63, 3.8) is 0 Å². The van der Waals surface area contributed by atoms with Crippen molar-refractivity contribution >= 4 is 62.4 Å². The van der Waals surface area contributed by atoms with Gasteiger partial charge in [-0.3, -0.25) is 19.5 Å². The Morgan fingerprint density at radius 1 is 1.27 bits per heavy atom. The van der Waals surface area contributed by atoms with Gasteiger partial charge in [0.15, 0.2) is 4.80 Å². The van der Waals surface area contributed by atoms with E-state index in [0.29, 0.717) is 27.4 Å². The van der Waals surface area contributed by atoms with Gasteiger partial charge in [-0.2, -0.15) is 0 Å². The highest BCUT2D eigenvalue weighted by Crippen LogP contribution is 2.40. The monoisotopic (exact) mass is 671 g/mol. The normalized spacial score (nSPS) is 15.1. The summed E-state index contributed by atoms with van der Waals surface area (Å²) < 4.78 is 13.1. The molecule has 12 heteroatoms. The van der Waals surface area contributed by atoms with E-state index < -0.39 is 33.9 Å². The number of methoxy groups -OCH3 is 1. The van der Waals surface area contributed by atoms with E-state index in [-0.39, 0.29) is 20.3 Å². The van der Waals surface area contributed by atoms with Crippen LogP contribution in [0.4, 0.5) is 5.69 Å². The largest absolute Gasteiger partial charge is 0.501 e. The van der Waals surface area contributed by atoms with Crippen LogP contribution in [-0.2, 0) is 9.53 Å². The minimum Gasteiger partial charge on any atom is -0.501 e. The summed E-state index contributed by atoms with van der Waals surface area (Å²) in [6.45, 7) is 3.53. The van der Waals surface area contributed by atoms with Crippen molar-refractivity contribution in [1.29, 1.82) is 0 Å². The van der Waals surface area contributed by atoms with Gasteiger partial charge in [0, 0.05) is 11.6 Å².